The van der Waals surface area contributed by atoms with Gasteiger partial charge in [0, 0.05) is 24.4 Å². The molecular formula is C29H32Cl2N2O2S. The van der Waals surface area contributed by atoms with Crippen LogP contribution in [0.2, 0.25) is 10.0 Å². The SMILES string of the molecule is Cc1ccc(SCC(=O)N(Cc2ccc(Cl)c(Cl)c2)[C@@H](Cc2ccccc2)C(=O)NCC(C)C)cc1. The number of halogens is 2. The number of thioether (sulfide) groups is 1. The molecule has 0 heterocycles. The fourth-order valence-corrected chi connectivity index (χ4v) is 4.78. The van der Waals surface area contributed by atoms with Gasteiger partial charge in [-0.1, -0.05) is 91.1 Å². The zero-order chi connectivity index (χ0) is 26.1. The molecule has 0 spiro atoms. The summed E-state index contributed by atoms with van der Waals surface area (Å²) in [6.45, 7) is 6.91. The first-order valence-corrected chi connectivity index (χ1v) is 13.7. The summed E-state index contributed by atoms with van der Waals surface area (Å²) in [5, 5.41) is 3.90. The van der Waals surface area contributed by atoms with Gasteiger partial charge in [-0.15, -0.1) is 11.8 Å². The van der Waals surface area contributed by atoms with Crippen LogP contribution in [0.4, 0.5) is 0 Å². The van der Waals surface area contributed by atoms with E-state index in [0.29, 0.717) is 28.9 Å². The number of nitrogens with zero attached hydrogens (tertiary/aromatic N) is 1. The Labute approximate surface area is 228 Å². The molecule has 0 radical (unpaired) electrons. The lowest BCUT2D eigenvalue weighted by Gasteiger charge is -2.32. The Bertz CT molecular complexity index is 1150. The van der Waals surface area contributed by atoms with Crippen molar-refractivity contribution in [3.8, 4) is 0 Å². The highest BCUT2D eigenvalue weighted by atomic mass is 35.5. The molecule has 0 aromatic heterocycles. The third-order valence-electron chi connectivity index (χ3n) is 5.68. The molecule has 190 valence electrons. The van der Waals surface area contributed by atoms with E-state index in [1.54, 1.807) is 17.0 Å². The van der Waals surface area contributed by atoms with Gasteiger partial charge in [-0.2, -0.15) is 0 Å². The first-order chi connectivity index (χ1) is 17.2. The molecule has 0 fully saturated rings. The topological polar surface area (TPSA) is 49.4 Å². The molecule has 3 rings (SSSR count). The minimum absolute atomic E-state index is 0.118. The number of benzene rings is 3. The van der Waals surface area contributed by atoms with E-state index in [1.165, 1.54) is 11.8 Å². The molecule has 36 heavy (non-hydrogen) atoms. The van der Waals surface area contributed by atoms with Crippen LogP contribution in [0.1, 0.15) is 30.5 Å². The van der Waals surface area contributed by atoms with Crippen molar-refractivity contribution >= 4 is 46.8 Å². The molecular weight excluding hydrogens is 511 g/mol. The fraction of sp³-hybridized carbons (Fsp3) is 0.310. The number of carbonyl (C=O) groups is 2. The van der Waals surface area contributed by atoms with Crippen LogP contribution in [-0.2, 0) is 22.6 Å². The highest BCUT2D eigenvalue weighted by Crippen LogP contribution is 2.25. The average molecular weight is 544 g/mol. The van der Waals surface area contributed by atoms with Crippen molar-refractivity contribution in [3.63, 3.8) is 0 Å². The van der Waals surface area contributed by atoms with Gasteiger partial charge in [-0.25, -0.2) is 0 Å². The smallest absolute Gasteiger partial charge is 0.243 e. The standard InChI is InChI=1S/C29H32Cl2N2O2S/c1-20(2)17-32-29(35)27(16-22-7-5-4-6-8-22)33(18-23-11-14-25(30)26(31)15-23)28(34)19-36-24-12-9-21(3)10-13-24/h4-15,20,27H,16-19H2,1-3H3,(H,32,35)/t27-/m0/s1. The molecule has 0 aliphatic carbocycles. The molecule has 0 saturated carbocycles. The van der Waals surface area contributed by atoms with Crippen molar-refractivity contribution in [2.24, 2.45) is 5.92 Å². The van der Waals surface area contributed by atoms with E-state index in [-0.39, 0.29) is 24.1 Å². The highest BCUT2D eigenvalue weighted by Gasteiger charge is 2.30. The number of rotatable bonds is 11. The Morgan fingerprint density at radius 3 is 2.25 bits per heavy atom. The molecule has 0 bridgehead atoms. The number of hydrogen-bond donors (Lipinski definition) is 1. The van der Waals surface area contributed by atoms with Gasteiger partial charge in [0.2, 0.25) is 11.8 Å². The second-order valence-electron chi connectivity index (χ2n) is 9.22. The summed E-state index contributed by atoms with van der Waals surface area (Å²) in [4.78, 5) is 29.8. The van der Waals surface area contributed by atoms with Gasteiger partial charge in [-0.3, -0.25) is 9.59 Å². The van der Waals surface area contributed by atoms with Crippen molar-refractivity contribution in [1.29, 1.82) is 0 Å². The van der Waals surface area contributed by atoms with E-state index < -0.39 is 6.04 Å². The van der Waals surface area contributed by atoms with E-state index >= 15 is 0 Å². The first kappa shape index (κ1) is 28.1. The molecule has 0 saturated heterocycles. The van der Waals surface area contributed by atoms with Crippen LogP contribution >= 0.6 is 35.0 Å². The number of hydrogen-bond acceptors (Lipinski definition) is 3. The zero-order valence-electron chi connectivity index (χ0n) is 20.8. The number of carbonyl (C=O) groups excluding carboxylic acids is 2. The lowest BCUT2D eigenvalue weighted by atomic mass is 10.0. The largest absolute Gasteiger partial charge is 0.354 e. The average Bonchev–Trinajstić information content (AvgIpc) is 2.86. The first-order valence-electron chi connectivity index (χ1n) is 12.0. The summed E-state index contributed by atoms with van der Waals surface area (Å²) in [6.07, 6.45) is 0.410. The van der Waals surface area contributed by atoms with E-state index in [2.05, 4.69) is 5.32 Å². The maximum Gasteiger partial charge on any atom is 0.243 e. The lowest BCUT2D eigenvalue weighted by molar-refractivity contribution is -0.139. The molecule has 4 nitrogen and oxygen atoms in total. The van der Waals surface area contributed by atoms with Crippen LogP contribution in [0.25, 0.3) is 0 Å². The van der Waals surface area contributed by atoms with Crippen molar-refractivity contribution in [2.75, 3.05) is 12.3 Å². The summed E-state index contributed by atoms with van der Waals surface area (Å²) in [5.41, 5.74) is 2.96. The minimum atomic E-state index is -0.674. The molecule has 7 heteroatoms. The number of aryl methyl sites for hydroxylation is 1. The van der Waals surface area contributed by atoms with E-state index in [9.17, 15) is 9.59 Å². The quantitative estimate of drug-likeness (QED) is 0.271. The van der Waals surface area contributed by atoms with Crippen molar-refractivity contribution in [1.82, 2.24) is 10.2 Å². The van der Waals surface area contributed by atoms with Gasteiger partial charge >= 0.3 is 0 Å². The van der Waals surface area contributed by atoms with Gasteiger partial charge in [0.1, 0.15) is 6.04 Å². The van der Waals surface area contributed by atoms with Gasteiger partial charge in [0.05, 0.1) is 15.8 Å². The maximum atomic E-state index is 13.7. The summed E-state index contributed by atoms with van der Waals surface area (Å²) >= 11 is 13.9. The summed E-state index contributed by atoms with van der Waals surface area (Å²) in [7, 11) is 0. The van der Waals surface area contributed by atoms with Gasteiger partial charge in [0.15, 0.2) is 0 Å². The monoisotopic (exact) mass is 542 g/mol. The fourth-order valence-electron chi connectivity index (χ4n) is 3.67. The number of nitrogens with one attached hydrogen (secondary N) is 1. The summed E-state index contributed by atoms with van der Waals surface area (Å²) in [5.74, 6) is 0.226. The molecule has 1 N–H and O–H groups in total. The lowest BCUT2D eigenvalue weighted by Crippen LogP contribution is -2.51. The minimum Gasteiger partial charge on any atom is -0.354 e. The van der Waals surface area contributed by atoms with Crippen LogP contribution < -0.4 is 5.32 Å². The summed E-state index contributed by atoms with van der Waals surface area (Å²) < 4.78 is 0. The maximum absolute atomic E-state index is 13.7. The number of amides is 2. The van der Waals surface area contributed by atoms with Crippen LogP contribution in [0, 0.1) is 12.8 Å². The second kappa shape index (κ2) is 13.7. The molecule has 0 aliphatic heterocycles. The van der Waals surface area contributed by atoms with Gasteiger partial charge in [0.25, 0.3) is 0 Å². The Morgan fingerprint density at radius 2 is 1.61 bits per heavy atom. The molecule has 2 amide bonds. The molecule has 3 aromatic rings. The Balaban J connectivity index is 1.91. The summed E-state index contributed by atoms with van der Waals surface area (Å²) in [6, 6.07) is 22.5. The van der Waals surface area contributed by atoms with Crippen molar-refractivity contribution < 1.29 is 9.59 Å². The van der Waals surface area contributed by atoms with E-state index in [4.69, 9.17) is 23.2 Å². The predicted molar refractivity (Wildman–Crippen MR) is 151 cm³/mol. The highest BCUT2D eigenvalue weighted by molar-refractivity contribution is 8.00. The molecule has 3 aromatic carbocycles. The van der Waals surface area contributed by atoms with Crippen LogP contribution in [-0.4, -0.2) is 35.1 Å². The van der Waals surface area contributed by atoms with Gasteiger partial charge in [-0.05, 0) is 48.2 Å². The van der Waals surface area contributed by atoms with Crippen LogP contribution in [0.3, 0.4) is 0 Å². The van der Waals surface area contributed by atoms with Crippen LogP contribution in [0.15, 0.2) is 77.7 Å². The van der Waals surface area contributed by atoms with Crippen molar-refractivity contribution in [3.05, 3.63) is 99.5 Å². The zero-order valence-corrected chi connectivity index (χ0v) is 23.2. The molecule has 0 aliphatic rings. The predicted octanol–water partition coefficient (Wildman–Crippen LogP) is 6.81. The van der Waals surface area contributed by atoms with E-state index in [1.807, 2.05) is 81.4 Å². The van der Waals surface area contributed by atoms with Gasteiger partial charge < -0.3 is 10.2 Å². The molecule has 0 unspecified atom stereocenters. The Hall–Kier alpha value is -2.47. The third kappa shape index (κ3) is 8.58. The normalized spacial score (nSPS) is 11.8. The Kier molecular flexibility index (Phi) is 10.7. The van der Waals surface area contributed by atoms with Crippen molar-refractivity contribution in [2.45, 2.75) is 44.7 Å². The Morgan fingerprint density at radius 1 is 0.917 bits per heavy atom. The second-order valence-corrected chi connectivity index (χ2v) is 11.1. The third-order valence-corrected chi connectivity index (χ3v) is 7.41. The molecule has 1 atom stereocenters. The van der Waals surface area contributed by atoms with E-state index in [0.717, 1.165) is 21.6 Å². The van der Waals surface area contributed by atoms with Crippen LogP contribution in [0.5, 0.6) is 0 Å².